The highest BCUT2D eigenvalue weighted by atomic mass is 16.3. The van der Waals surface area contributed by atoms with Crippen molar-refractivity contribution in [3.63, 3.8) is 0 Å². The molecule has 0 fully saturated rings. The Labute approximate surface area is 350 Å². The molecule has 284 valence electrons. The van der Waals surface area contributed by atoms with Gasteiger partial charge in [-0.05, 0) is 90.0 Å². The van der Waals surface area contributed by atoms with Crippen molar-refractivity contribution in [3.05, 3.63) is 206 Å². The molecule has 13 rings (SSSR count). The summed E-state index contributed by atoms with van der Waals surface area (Å²) in [7, 11) is 0. The maximum absolute atomic E-state index is 6.78. The van der Waals surface area contributed by atoms with Gasteiger partial charge in [-0.1, -0.05) is 127 Å². The standard InChI is InChI=1S/C56H34N4O/c1-3-14-35(15-4-1)38-18-13-19-40(34-38)59-47-24-11-8-22-44(47)51-48(59)33-31-45-52-49(32-30-42-41-20-9-12-25-50(41)61-55(42)52)60(54(45)51)39-28-26-37(27-29-39)56-57-46-23-10-7-21-43(46)53(58-56)36-16-5-2-6-17-36/h1-34H. The van der Waals surface area contributed by atoms with Crippen molar-refractivity contribution in [1.29, 1.82) is 0 Å². The number of nitrogens with zero attached hydrogens (tertiary/aromatic N) is 4. The van der Waals surface area contributed by atoms with Crippen LogP contribution in [0.25, 0.3) is 122 Å². The van der Waals surface area contributed by atoms with Gasteiger partial charge in [-0.2, -0.15) is 0 Å². The lowest BCUT2D eigenvalue weighted by atomic mass is 10.0. The molecule has 0 aliphatic heterocycles. The van der Waals surface area contributed by atoms with E-state index in [2.05, 4.69) is 191 Å². The van der Waals surface area contributed by atoms with Crippen molar-refractivity contribution in [1.82, 2.24) is 19.1 Å². The molecule has 4 aromatic heterocycles. The summed E-state index contributed by atoms with van der Waals surface area (Å²) in [6.07, 6.45) is 0. The summed E-state index contributed by atoms with van der Waals surface area (Å²) in [4.78, 5) is 10.3. The molecule has 9 aromatic carbocycles. The third-order valence-electron chi connectivity index (χ3n) is 12.3. The van der Waals surface area contributed by atoms with Gasteiger partial charge in [0.25, 0.3) is 0 Å². The third-order valence-corrected chi connectivity index (χ3v) is 12.3. The number of para-hydroxylation sites is 3. The molecule has 0 unspecified atom stereocenters. The molecular formula is C56H34N4O. The van der Waals surface area contributed by atoms with Crippen LogP contribution in [0.3, 0.4) is 0 Å². The predicted molar refractivity (Wildman–Crippen MR) is 252 cm³/mol. The van der Waals surface area contributed by atoms with Crippen molar-refractivity contribution >= 4 is 76.5 Å². The zero-order valence-electron chi connectivity index (χ0n) is 32.8. The van der Waals surface area contributed by atoms with E-state index < -0.39 is 0 Å². The SMILES string of the molecule is c1ccc(-c2cccc(-n3c4ccccc4c4c3ccc3c5c6oc7ccccc7c6ccc5n(-c5ccc(-c6nc(-c7ccccc7)c7ccccc7n6)cc5)c34)c2)cc1. The van der Waals surface area contributed by atoms with Gasteiger partial charge in [-0.3, -0.25) is 0 Å². The second-order valence-electron chi connectivity index (χ2n) is 15.7. The first-order chi connectivity index (χ1) is 30.3. The Kier molecular flexibility index (Phi) is 7.24. The molecule has 0 radical (unpaired) electrons. The normalized spacial score (nSPS) is 11.9. The van der Waals surface area contributed by atoms with Crippen LogP contribution in [0.1, 0.15) is 0 Å². The minimum atomic E-state index is 0.693. The van der Waals surface area contributed by atoms with Gasteiger partial charge in [-0.15, -0.1) is 0 Å². The van der Waals surface area contributed by atoms with Crippen LogP contribution in [0.15, 0.2) is 211 Å². The monoisotopic (exact) mass is 778 g/mol. The Morgan fingerprint density at radius 2 is 1.02 bits per heavy atom. The fourth-order valence-electron chi connectivity index (χ4n) is 9.60. The lowest BCUT2D eigenvalue weighted by molar-refractivity contribution is 0.673. The van der Waals surface area contributed by atoms with Crippen molar-refractivity contribution in [2.75, 3.05) is 0 Å². The van der Waals surface area contributed by atoms with Gasteiger partial charge in [0, 0.05) is 54.8 Å². The average Bonchev–Trinajstić information content (AvgIpc) is 3.99. The van der Waals surface area contributed by atoms with Gasteiger partial charge in [-0.25, -0.2) is 9.97 Å². The second-order valence-corrected chi connectivity index (χ2v) is 15.7. The number of aromatic nitrogens is 4. The van der Waals surface area contributed by atoms with Crippen molar-refractivity contribution in [2.45, 2.75) is 0 Å². The molecule has 5 heteroatoms. The first-order valence-electron chi connectivity index (χ1n) is 20.7. The number of furan rings is 1. The number of hydrogen-bond acceptors (Lipinski definition) is 3. The van der Waals surface area contributed by atoms with E-state index in [0.29, 0.717) is 5.82 Å². The predicted octanol–water partition coefficient (Wildman–Crippen LogP) is 14.7. The molecule has 13 aromatic rings. The molecule has 4 heterocycles. The maximum atomic E-state index is 6.78. The molecule has 5 nitrogen and oxygen atoms in total. The fourth-order valence-corrected chi connectivity index (χ4v) is 9.60. The summed E-state index contributed by atoms with van der Waals surface area (Å²) in [6, 6.07) is 73.0. The quantitative estimate of drug-likeness (QED) is 0.175. The van der Waals surface area contributed by atoms with Gasteiger partial charge in [0.2, 0.25) is 0 Å². The summed E-state index contributed by atoms with van der Waals surface area (Å²) in [5.74, 6) is 0.693. The van der Waals surface area contributed by atoms with E-state index >= 15 is 0 Å². The molecule has 0 spiro atoms. The van der Waals surface area contributed by atoms with Crippen molar-refractivity contribution in [2.24, 2.45) is 0 Å². The highest BCUT2D eigenvalue weighted by molar-refractivity contribution is 6.31. The second kappa shape index (κ2) is 13.1. The first kappa shape index (κ1) is 33.7. The molecular weight excluding hydrogens is 745 g/mol. The zero-order valence-corrected chi connectivity index (χ0v) is 32.8. The van der Waals surface area contributed by atoms with E-state index in [0.717, 1.165) is 93.9 Å². The van der Waals surface area contributed by atoms with Crippen LogP contribution in [-0.2, 0) is 0 Å². The average molecular weight is 779 g/mol. The van der Waals surface area contributed by atoms with Crippen LogP contribution in [-0.4, -0.2) is 19.1 Å². The topological polar surface area (TPSA) is 48.8 Å². The van der Waals surface area contributed by atoms with Crippen molar-refractivity contribution < 1.29 is 4.42 Å². The minimum absolute atomic E-state index is 0.693. The Morgan fingerprint density at radius 1 is 0.361 bits per heavy atom. The number of benzene rings is 9. The van der Waals surface area contributed by atoms with Gasteiger partial charge in [0.05, 0.1) is 38.7 Å². The minimum Gasteiger partial charge on any atom is -0.455 e. The highest BCUT2D eigenvalue weighted by Gasteiger charge is 2.24. The van der Waals surface area contributed by atoms with Crippen LogP contribution < -0.4 is 0 Å². The molecule has 0 bridgehead atoms. The van der Waals surface area contributed by atoms with E-state index in [-0.39, 0.29) is 0 Å². The molecule has 0 saturated carbocycles. The zero-order chi connectivity index (χ0) is 40.0. The van der Waals surface area contributed by atoms with E-state index in [1.807, 2.05) is 24.3 Å². The fraction of sp³-hybridized carbons (Fsp3) is 0. The van der Waals surface area contributed by atoms with E-state index in [1.165, 1.54) is 21.9 Å². The van der Waals surface area contributed by atoms with E-state index in [9.17, 15) is 0 Å². The Hall–Kier alpha value is -8.28. The first-order valence-corrected chi connectivity index (χ1v) is 20.7. The summed E-state index contributed by atoms with van der Waals surface area (Å²) < 4.78 is 11.6. The van der Waals surface area contributed by atoms with Crippen LogP contribution in [0.5, 0.6) is 0 Å². The van der Waals surface area contributed by atoms with Crippen LogP contribution in [0.2, 0.25) is 0 Å². The summed E-state index contributed by atoms with van der Waals surface area (Å²) >= 11 is 0. The Morgan fingerprint density at radius 3 is 1.84 bits per heavy atom. The largest absolute Gasteiger partial charge is 0.455 e. The van der Waals surface area contributed by atoms with Crippen LogP contribution >= 0.6 is 0 Å². The highest BCUT2D eigenvalue weighted by Crippen LogP contribution is 2.46. The van der Waals surface area contributed by atoms with Crippen LogP contribution in [0, 0.1) is 0 Å². The number of hydrogen-bond donors (Lipinski definition) is 0. The third kappa shape index (κ3) is 5.08. The molecule has 0 saturated heterocycles. The smallest absolute Gasteiger partial charge is 0.160 e. The Balaban J connectivity index is 1.08. The van der Waals surface area contributed by atoms with Gasteiger partial charge >= 0.3 is 0 Å². The van der Waals surface area contributed by atoms with E-state index in [1.54, 1.807) is 0 Å². The van der Waals surface area contributed by atoms with Gasteiger partial charge < -0.3 is 13.6 Å². The molecule has 0 amide bonds. The number of rotatable bonds is 5. The van der Waals surface area contributed by atoms with Crippen LogP contribution in [0.4, 0.5) is 0 Å². The molecule has 0 aliphatic carbocycles. The summed E-state index contributed by atoms with van der Waals surface area (Å²) in [6.45, 7) is 0. The lowest BCUT2D eigenvalue weighted by Gasteiger charge is -2.12. The number of fused-ring (bicyclic) bond motifs is 12. The molecule has 0 aliphatic rings. The molecule has 0 N–H and O–H groups in total. The maximum Gasteiger partial charge on any atom is 0.160 e. The summed E-state index contributed by atoms with van der Waals surface area (Å²) in [5.41, 5.74) is 14.7. The lowest BCUT2D eigenvalue weighted by Crippen LogP contribution is -1.97. The molecule has 61 heavy (non-hydrogen) atoms. The Bertz CT molecular complexity index is 3860. The van der Waals surface area contributed by atoms with Gasteiger partial charge in [0.1, 0.15) is 11.2 Å². The van der Waals surface area contributed by atoms with E-state index in [4.69, 9.17) is 14.4 Å². The van der Waals surface area contributed by atoms with Gasteiger partial charge in [0.15, 0.2) is 5.82 Å². The summed E-state index contributed by atoms with van der Waals surface area (Å²) in [5, 5.41) is 7.88. The van der Waals surface area contributed by atoms with Crippen molar-refractivity contribution in [3.8, 4) is 45.1 Å². The molecule has 0 atom stereocenters.